The van der Waals surface area contributed by atoms with Crippen LogP contribution in [-0.2, 0) is 6.18 Å². The summed E-state index contributed by atoms with van der Waals surface area (Å²) in [5, 5.41) is 11.3. The average Bonchev–Trinajstić information content (AvgIpc) is 2.68. The summed E-state index contributed by atoms with van der Waals surface area (Å²) in [6, 6.07) is 9.91. The predicted molar refractivity (Wildman–Crippen MR) is 113 cm³/mol. The van der Waals surface area contributed by atoms with E-state index in [0.29, 0.717) is 17.7 Å². The molecule has 0 amide bonds. The molecule has 0 unspecified atom stereocenters. The molecule has 2 aromatic carbocycles. The van der Waals surface area contributed by atoms with E-state index in [4.69, 9.17) is 4.74 Å². The minimum Gasteiger partial charge on any atom is -0.490 e. The lowest BCUT2D eigenvalue weighted by molar-refractivity contribution is -0.385. The van der Waals surface area contributed by atoms with Crippen molar-refractivity contribution in [2.75, 3.05) is 14.1 Å². The van der Waals surface area contributed by atoms with Gasteiger partial charge in [0.15, 0.2) is 0 Å². The van der Waals surface area contributed by atoms with E-state index >= 15 is 0 Å². The minimum atomic E-state index is -4.35. The SMILES string of the molecule is CN(C)/C=C/c1cc(O[C@H]2C[C@@H](c3ccc(C(F)(F)F)cc3)C2(C)C)ccc1[N+](=O)[O-]. The second-order valence-corrected chi connectivity index (χ2v) is 8.59. The number of hydrogen-bond acceptors (Lipinski definition) is 4. The van der Waals surface area contributed by atoms with Crippen molar-refractivity contribution in [3.8, 4) is 5.75 Å². The fourth-order valence-electron chi connectivity index (χ4n) is 3.85. The third-order valence-electron chi connectivity index (χ3n) is 5.84. The highest BCUT2D eigenvalue weighted by Crippen LogP contribution is 2.54. The van der Waals surface area contributed by atoms with Gasteiger partial charge in [-0.1, -0.05) is 26.0 Å². The van der Waals surface area contributed by atoms with Crippen molar-refractivity contribution in [3.05, 3.63) is 75.5 Å². The highest BCUT2D eigenvalue weighted by molar-refractivity contribution is 5.62. The molecule has 0 aliphatic heterocycles. The van der Waals surface area contributed by atoms with Gasteiger partial charge in [0.25, 0.3) is 5.69 Å². The Balaban J connectivity index is 1.76. The molecule has 2 aromatic rings. The number of halogens is 3. The van der Waals surface area contributed by atoms with Gasteiger partial charge in [-0.2, -0.15) is 13.2 Å². The van der Waals surface area contributed by atoms with Crippen LogP contribution in [0.5, 0.6) is 5.75 Å². The molecule has 0 bridgehead atoms. The van der Waals surface area contributed by atoms with Crippen LogP contribution in [0.25, 0.3) is 6.08 Å². The average molecular weight is 434 g/mol. The van der Waals surface area contributed by atoms with Crippen LogP contribution in [0.1, 0.15) is 42.9 Å². The van der Waals surface area contributed by atoms with E-state index in [2.05, 4.69) is 0 Å². The molecule has 0 heterocycles. The largest absolute Gasteiger partial charge is 0.490 e. The molecule has 3 rings (SSSR count). The molecule has 0 radical (unpaired) electrons. The quantitative estimate of drug-likeness (QED) is 0.407. The van der Waals surface area contributed by atoms with Crippen LogP contribution >= 0.6 is 0 Å². The van der Waals surface area contributed by atoms with Gasteiger partial charge in [0.1, 0.15) is 11.9 Å². The number of nitrogens with zero attached hydrogens (tertiary/aromatic N) is 2. The predicted octanol–water partition coefficient (Wildman–Crippen LogP) is 6.11. The van der Waals surface area contributed by atoms with E-state index in [1.807, 2.05) is 27.9 Å². The summed E-state index contributed by atoms with van der Waals surface area (Å²) in [5.41, 5.74) is 0.302. The molecule has 166 valence electrons. The Morgan fingerprint density at radius 1 is 1.16 bits per heavy atom. The normalized spacial score (nSPS) is 20.4. The van der Waals surface area contributed by atoms with Crippen molar-refractivity contribution in [2.24, 2.45) is 5.41 Å². The number of alkyl halides is 3. The lowest BCUT2D eigenvalue weighted by Gasteiger charge is -2.51. The highest BCUT2D eigenvalue weighted by atomic mass is 19.4. The minimum absolute atomic E-state index is 0.0130. The molecule has 0 N–H and O–H groups in total. The summed E-state index contributed by atoms with van der Waals surface area (Å²) < 4.78 is 44.6. The fraction of sp³-hybridized carbons (Fsp3) is 0.391. The maximum Gasteiger partial charge on any atom is 0.416 e. The summed E-state index contributed by atoms with van der Waals surface area (Å²) in [7, 11) is 3.64. The van der Waals surface area contributed by atoms with Crippen molar-refractivity contribution in [3.63, 3.8) is 0 Å². The van der Waals surface area contributed by atoms with E-state index in [-0.39, 0.29) is 23.1 Å². The van der Waals surface area contributed by atoms with Gasteiger partial charge in [-0.3, -0.25) is 10.1 Å². The van der Waals surface area contributed by atoms with E-state index in [1.54, 1.807) is 29.3 Å². The highest BCUT2D eigenvalue weighted by Gasteiger charge is 2.50. The number of hydrogen-bond donors (Lipinski definition) is 0. The van der Waals surface area contributed by atoms with E-state index in [9.17, 15) is 23.3 Å². The Bertz CT molecular complexity index is 983. The molecule has 0 spiro atoms. The number of nitro groups is 1. The lowest BCUT2D eigenvalue weighted by Crippen LogP contribution is -2.50. The van der Waals surface area contributed by atoms with Crippen LogP contribution in [0.15, 0.2) is 48.7 Å². The van der Waals surface area contributed by atoms with Crippen LogP contribution in [0.3, 0.4) is 0 Å². The topological polar surface area (TPSA) is 55.6 Å². The molecular weight excluding hydrogens is 409 g/mol. The van der Waals surface area contributed by atoms with Gasteiger partial charge >= 0.3 is 6.18 Å². The fourth-order valence-corrected chi connectivity index (χ4v) is 3.85. The van der Waals surface area contributed by atoms with Crippen molar-refractivity contribution < 1.29 is 22.8 Å². The third-order valence-corrected chi connectivity index (χ3v) is 5.84. The molecule has 0 saturated heterocycles. The van der Waals surface area contributed by atoms with Crippen LogP contribution in [0.2, 0.25) is 0 Å². The van der Waals surface area contributed by atoms with Crippen LogP contribution in [-0.4, -0.2) is 30.0 Å². The molecule has 2 atom stereocenters. The lowest BCUT2D eigenvalue weighted by atomic mass is 9.57. The van der Waals surface area contributed by atoms with E-state index < -0.39 is 16.7 Å². The van der Waals surface area contributed by atoms with Gasteiger partial charge in [-0.15, -0.1) is 0 Å². The summed E-state index contributed by atoms with van der Waals surface area (Å²) >= 11 is 0. The van der Waals surface area contributed by atoms with Crippen molar-refractivity contribution in [1.82, 2.24) is 4.90 Å². The molecule has 1 aliphatic carbocycles. The summed E-state index contributed by atoms with van der Waals surface area (Å²) in [6.45, 7) is 4.03. The van der Waals surface area contributed by atoms with Crippen LogP contribution < -0.4 is 4.74 Å². The van der Waals surface area contributed by atoms with Crippen LogP contribution in [0, 0.1) is 15.5 Å². The third kappa shape index (κ3) is 4.84. The van der Waals surface area contributed by atoms with Gasteiger partial charge in [0, 0.05) is 25.6 Å². The van der Waals surface area contributed by atoms with E-state index in [0.717, 1.165) is 17.7 Å². The maximum absolute atomic E-state index is 12.8. The molecule has 0 aromatic heterocycles. The summed E-state index contributed by atoms with van der Waals surface area (Å²) in [5.74, 6) is 0.582. The second kappa shape index (κ2) is 8.24. The molecule has 1 aliphatic rings. The van der Waals surface area contributed by atoms with Crippen molar-refractivity contribution >= 4 is 11.8 Å². The van der Waals surface area contributed by atoms with Crippen molar-refractivity contribution in [2.45, 2.75) is 38.5 Å². The van der Waals surface area contributed by atoms with Crippen molar-refractivity contribution in [1.29, 1.82) is 0 Å². The van der Waals surface area contributed by atoms with Gasteiger partial charge in [0.05, 0.1) is 16.1 Å². The number of rotatable bonds is 6. The Morgan fingerprint density at radius 2 is 1.81 bits per heavy atom. The zero-order valence-corrected chi connectivity index (χ0v) is 17.8. The first-order valence-corrected chi connectivity index (χ1v) is 9.86. The standard InChI is InChI=1S/C23H25F3N2O3/c1-22(2)19(15-5-7-17(8-6-15)23(24,25)26)14-21(22)31-18-9-10-20(28(29)30)16(13-18)11-12-27(3)4/h5-13,19,21H,14H2,1-4H3/b12-11+/t19-,21-/m0/s1. The monoisotopic (exact) mass is 434 g/mol. The number of nitro benzene ring substituents is 1. The van der Waals surface area contributed by atoms with Gasteiger partial charge in [-0.25, -0.2) is 0 Å². The smallest absolute Gasteiger partial charge is 0.416 e. The zero-order valence-electron chi connectivity index (χ0n) is 17.8. The Kier molecular flexibility index (Phi) is 6.02. The molecule has 1 saturated carbocycles. The van der Waals surface area contributed by atoms with Gasteiger partial charge in [0.2, 0.25) is 0 Å². The number of benzene rings is 2. The van der Waals surface area contributed by atoms with E-state index in [1.165, 1.54) is 18.2 Å². The first-order chi connectivity index (χ1) is 14.4. The summed E-state index contributed by atoms with van der Waals surface area (Å²) in [4.78, 5) is 12.6. The molecule has 8 heteroatoms. The van der Waals surface area contributed by atoms with Gasteiger partial charge < -0.3 is 9.64 Å². The molecule has 31 heavy (non-hydrogen) atoms. The first-order valence-electron chi connectivity index (χ1n) is 9.86. The number of ether oxygens (including phenoxy) is 1. The van der Waals surface area contributed by atoms with Gasteiger partial charge in [-0.05, 0) is 54.4 Å². The molecular formula is C23H25F3N2O3. The Hall–Kier alpha value is -3.03. The van der Waals surface area contributed by atoms with Crippen LogP contribution in [0.4, 0.5) is 18.9 Å². The molecule has 1 fully saturated rings. The first kappa shape index (κ1) is 22.7. The molecule has 5 nitrogen and oxygen atoms in total. The zero-order chi connectivity index (χ0) is 23.0. The Morgan fingerprint density at radius 3 is 2.32 bits per heavy atom. The Labute approximate surface area is 179 Å². The summed E-state index contributed by atoms with van der Waals surface area (Å²) in [6.07, 6.45) is -0.486. The maximum atomic E-state index is 12.8. The second-order valence-electron chi connectivity index (χ2n) is 8.59.